The summed E-state index contributed by atoms with van der Waals surface area (Å²) in [6, 6.07) is 13.1. The molecule has 0 amide bonds. The molecule has 0 unspecified atom stereocenters. The maximum Gasteiger partial charge on any atom is 0.132 e. The van der Waals surface area contributed by atoms with Crippen LogP contribution in [0.4, 0.5) is 14.5 Å². The van der Waals surface area contributed by atoms with Gasteiger partial charge in [0.15, 0.2) is 0 Å². The smallest absolute Gasteiger partial charge is 0.132 e. The standard InChI is InChI=1S/C16H14F2N2/c17-12-4-6-13(7-5-12)19-9-11-20-10-8-14-15(18)2-1-3-16(14)20/h1-8,10,19H,9,11H2. The highest BCUT2D eigenvalue weighted by atomic mass is 19.1. The molecular weight excluding hydrogens is 258 g/mol. The molecule has 1 N–H and O–H groups in total. The predicted octanol–water partition coefficient (Wildman–Crippen LogP) is 4.03. The molecule has 1 aromatic heterocycles. The Morgan fingerprint density at radius 1 is 0.950 bits per heavy atom. The van der Waals surface area contributed by atoms with Crippen molar-refractivity contribution in [1.82, 2.24) is 4.57 Å². The number of aromatic nitrogens is 1. The van der Waals surface area contributed by atoms with Crippen molar-refractivity contribution in [2.75, 3.05) is 11.9 Å². The van der Waals surface area contributed by atoms with E-state index in [2.05, 4.69) is 5.32 Å². The van der Waals surface area contributed by atoms with Crippen molar-refractivity contribution in [3.05, 3.63) is 66.4 Å². The highest BCUT2D eigenvalue weighted by Crippen LogP contribution is 2.18. The van der Waals surface area contributed by atoms with Crippen molar-refractivity contribution in [2.24, 2.45) is 0 Å². The van der Waals surface area contributed by atoms with Gasteiger partial charge in [0.2, 0.25) is 0 Å². The minimum Gasteiger partial charge on any atom is -0.383 e. The first-order valence-electron chi connectivity index (χ1n) is 6.47. The minimum absolute atomic E-state index is 0.201. The number of fused-ring (bicyclic) bond motifs is 1. The second kappa shape index (κ2) is 5.33. The molecule has 0 saturated heterocycles. The number of nitrogens with zero attached hydrogens (tertiary/aromatic N) is 1. The molecule has 0 aliphatic rings. The normalized spacial score (nSPS) is 10.9. The zero-order valence-corrected chi connectivity index (χ0v) is 10.8. The second-order valence-corrected chi connectivity index (χ2v) is 4.62. The Morgan fingerprint density at radius 3 is 2.55 bits per heavy atom. The molecule has 0 fully saturated rings. The van der Waals surface area contributed by atoms with Gasteiger partial charge in [-0.15, -0.1) is 0 Å². The van der Waals surface area contributed by atoms with E-state index in [1.165, 1.54) is 18.2 Å². The average molecular weight is 272 g/mol. The lowest BCUT2D eigenvalue weighted by Gasteiger charge is -2.08. The fourth-order valence-corrected chi connectivity index (χ4v) is 2.27. The maximum atomic E-state index is 13.6. The summed E-state index contributed by atoms with van der Waals surface area (Å²) in [5, 5.41) is 3.84. The van der Waals surface area contributed by atoms with Crippen LogP contribution in [-0.4, -0.2) is 11.1 Å². The van der Waals surface area contributed by atoms with E-state index < -0.39 is 0 Å². The van der Waals surface area contributed by atoms with Gasteiger partial charge in [0.25, 0.3) is 0 Å². The third-order valence-electron chi connectivity index (χ3n) is 3.29. The summed E-state index contributed by atoms with van der Waals surface area (Å²) in [6.07, 6.45) is 1.88. The van der Waals surface area contributed by atoms with Gasteiger partial charge in [-0.2, -0.15) is 0 Å². The number of benzene rings is 2. The average Bonchev–Trinajstić information content (AvgIpc) is 2.86. The Balaban J connectivity index is 1.68. The van der Waals surface area contributed by atoms with Gasteiger partial charge in [-0.1, -0.05) is 6.07 Å². The van der Waals surface area contributed by atoms with Crippen LogP contribution in [0.5, 0.6) is 0 Å². The Morgan fingerprint density at radius 2 is 1.75 bits per heavy atom. The monoisotopic (exact) mass is 272 g/mol. The molecule has 3 rings (SSSR count). The Hall–Kier alpha value is -2.36. The predicted molar refractivity (Wildman–Crippen MR) is 76.8 cm³/mol. The van der Waals surface area contributed by atoms with Crippen molar-refractivity contribution in [2.45, 2.75) is 6.54 Å². The third kappa shape index (κ3) is 2.50. The van der Waals surface area contributed by atoms with Crippen LogP contribution in [0.25, 0.3) is 10.9 Å². The Bertz CT molecular complexity index is 717. The largest absolute Gasteiger partial charge is 0.383 e. The fraction of sp³-hybridized carbons (Fsp3) is 0.125. The van der Waals surface area contributed by atoms with E-state index in [1.807, 2.05) is 16.8 Å². The van der Waals surface area contributed by atoms with Gasteiger partial charge in [-0.3, -0.25) is 0 Å². The summed E-state index contributed by atoms with van der Waals surface area (Å²) in [7, 11) is 0. The zero-order chi connectivity index (χ0) is 13.9. The first kappa shape index (κ1) is 12.7. The number of halogens is 2. The molecule has 0 bridgehead atoms. The molecule has 0 aliphatic heterocycles. The van der Waals surface area contributed by atoms with E-state index in [0.29, 0.717) is 18.5 Å². The van der Waals surface area contributed by atoms with Crippen LogP contribution in [0.1, 0.15) is 0 Å². The molecular formula is C16H14F2N2. The maximum absolute atomic E-state index is 13.6. The van der Waals surface area contributed by atoms with Gasteiger partial charge < -0.3 is 9.88 Å². The molecule has 1 heterocycles. The molecule has 0 radical (unpaired) electrons. The van der Waals surface area contributed by atoms with Crippen molar-refractivity contribution in [3.63, 3.8) is 0 Å². The van der Waals surface area contributed by atoms with Gasteiger partial charge in [0, 0.05) is 30.4 Å². The first-order chi connectivity index (χ1) is 9.74. The molecule has 2 nitrogen and oxygen atoms in total. The first-order valence-corrected chi connectivity index (χ1v) is 6.47. The van der Waals surface area contributed by atoms with Crippen LogP contribution >= 0.6 is 0 Å². The Kier molecular flexibility index (Phi) is 3.37. The van der Waals surface area contributed by atoms with E-state index >= 15 is 0 Å². The van der Waals surface area contributed by atoms with E-state index in [0.717, 1.165) is 11.2 Å². The number of anilines is 1. The Labute approximate surface area is 115 Å². The summed E-state index contributed by atoms with van der Waals surface area (Å²) >= 11 is 0. The van der Waals surface area contributed by atoms with E-state index in [-0.39, 0.29) is 11.6 Å². The summed E-state index contributed by atoms with van der Waals surface area (Å²) in [6.45, 7) is 1.40. The van der Waals surface area contributed by atoms with Gasteiger partial charge >= 0.3 is 0 Å². The number of hydrogen-bond acceptors (Lipinski definition) is 1. The van der Waals surface area contributed by atoms with Crippen molar-refractivity contribution in [3.8, 4) is 0 Å². The summed E-state index contributed by atoms with van der Waals surface area (Å²) in [5.74, 6) is -0.449. The van der Waals surface area contributed by atoms with E-state index in [1.54, 1.807) is 24.3 Å². The van der Waals surface area contributed by atoms with Crippen molar-refractivity contribution in [1.29, 1.82) is 0 Å². The summed E-state index contributed by atoms with van der Waals surface area (Å²) < 4.78 is 28.3. The SMILES string of the molecule is Fc1ccc(NCCn2ccc3c(F)cccc32)cc1. The number of rotatable bonds is 4. The van der Waals surface area contributed by atoms with Gasteiger partial charge in [0.05, 0.1) is 5.52 Å². The van der Waals surface area contributed by atoms with E-state index in [4.69, 9.17) is 0 Å². The fourth-order valence-electron chi connectivity index (χ4n) is 2.27. The van der Waals surface area contributed by atoms with Crippen LogP contribution in [0.3, 0.4) is 0 Å². The highest BCUT2D eigenvalue weighted by Gasteiger charge is 2.04. The lowest BCUT2D eigenvalue weighted by molar-refractivity contribution is 0.628. The lowest BCUT2D eigenvalue weighted by Crippen LogP contribution is -2.09. The van der Waals surface area contributed by atoms with Crippen molar-refractivity contribution < 1.29 is 8.78 Å². The molecule has 0 saturated carbocycles. The summed E-state index contributed by atoms with van der Waals surface area (Å²) in [4.78, 5) is 0. The third-order valence-corrected chi connectivity index (χ3v) is 3.29. The van der Waals surface area contributed by atoms with Crippen LogP contribution in [0.2, 0.25) is 0 Å². The number of hydrogen-bond donors (Lipinski definition) is 1. The van der Waals surface area contributed by atoms with Crippen LogP contribution in [-0.2, 0) is 6.54 Å². The van der Waals surface area contributed by atoms with Crippen LogP contribution < -0.4 is 5.32 Å². The molecule has 0 atom stereocenters. The summed E-state index contributed by atoms with van der Waals surface area (Å²) in [5.41, 5.74) is 1.75. The highest BCUT2D eigenvalue weighted by molar-refractivity contribution is 5.80. The zero-order valence-electron chi connectivity index (χ0n) is 10.8. The lowest BCUT2D eigenvalue weighted by atomic mass is 10.2. The number of nitrogens with one attached hydrogen (secondary N) is 1. The van der Waals surface area contributed by atoms with E-state index in [9.17, 15) is 8.78 Å². The van der Waals surface area contributed by atoms with Crippen LogP contribution in [0, 0.1) is 11.6 Å². The van der Waals surface area contributed by atoms with Gasteiger partial charge in [-0.25, -0.2) is 8.78 Å². The van der Waals surface area contributed by atoms with Gasteiger partial charge in [0.1, 0.15) is 11.6 Å². The molecule has 2 aromatic carbocycles. The molecule has 3 aromatic rings. The topological polar surface area (TPSA) is 17.0 Å². The molecule has 102 valence electrons. The van der Waals surface area contributed by atoms with Crippen molar-refractivity contribution >= 4 is 16.6 Å². The molecule has 4 heteroatoms. The molecule has 0 spiro atoms. The minimum atomic E-state index is -0.248. The van der Waals surface area contributed by atoms with Gasteiger partial charge in [-0.05, 0) is 42.5 Å². The molecule has 20 heavy (non-hydrogen) atoms. The second-order valence-electron chi connectivity index (χ2n) is 4.62. The quantitative estimate of drug-likeness (QED) is 0.758. The molecule has 0 aliphatic carbocycles. The van der Waals surface area contributed by atoms with Crippen LogP contribution in [0.15, 0.2) is 54.7 Å².